The van der Waals surface area contributed by atoms with E-state index in [1.165, 1.54) is 24.0 Å². The summed E-state index contributed by atoms with van der Waals surface area (Å²) in [5.41, 5.74) is 3.00. The maximum atomic E-state index is 5.69. The fourth-order valence-corrected chi connectivity index (χ4v) is 3.91. The summed E-state index contributed by atoms with van der Waals surface area (Å²) in [6.45, 7) is 7.73. The molecule has 0 amide bonds. The third-order valence-electron chi connectivity index (χ3n) is 4.14. The van der Waals surface area contributed by atoms with E-state index in [2.05, 4.69) is 57.4 Å². The Morgan fingerprint density at radius 1 is 1.29 bits per heavy atom. The van der Waals surface area contributed by atoms with Crippen molar-refractivity contribution in [2.24, 2.45) is 0 Å². The molecule has 1 N–H and O–H groups in total. The zero-order chi connectivity index (χ0) is 15.3. The van der Waals surface area contributed by atoms with Gasteiger partial charge in [0, 0.05) is 24.2 Å². The highest BCUT2D eigenvalue weighted by atomic mass is 32.2. The molecule has 21 heavy (non-hydrogen) atoms. The van der Waals surface area contributed by atoms with Gasteiger partial charge in [0.15, 0.2) is 0 Å². The lowest BCUT2D eigenvalue weighted by Crippen LogP contribution is -2.20. The number of rotatable bonds is 6. The van der Waals surface area contributed by atoms with E-state index in [1.807, 2.05) is 11.8 Å². The highest BCUT2D eigenvalue weighted by Gasteiger charge is 2.18. The Bertz CT molecular complexity index is 418. The van der Waals surface area contributed by atoms with Gasteiger partial charge in [-0.1, -0.05) is 45.0 Å². The fourth-order valence-electron chi connectivity index (χ4n) is 2.65. The summed E-state index contributed by atoms with van der Waals surface area (Å²) >= 11 is 2.00. The molecule has 1 aromatic carbocycles. The summed E-state index contributed by atoms with van der Waals surface area (Å²) < 4.78 is 5.69. The van der Waals surface area contributed by atoms with Gasteiger partial charge < -0.3 is 10.1 Å². The molecule has 0 aromatic heterocycles. The van der Waals surface area contributed by atoms with Crippen LogP contribution in [0.3, 0.4) is 0 Å². The molecule has 1 aromatic rings. The summed E-state index contributed by atoms with van der Waals surface area (Å²) in [6.07, 6.45) is 2.95. The number of ether oxygens (including phenoxy) is 1. The van der Waals surface area contributed by atoms with E-state index < -0.39 is 0 Å². The number of nitrogens with one attached hydrogen (secondary N) is 1. The van der Waals surface area contributed by atoms with Crippen LogP contribution in [0.25, 0.3) is 0 Å². The first-order valence-electron chi connectivity index (χ1n) is 7.98. The van der Waals surface area contributed by atoms with Crippen LogP contribution in [0.2, 0.25) is 0 Å². The largest absolute Gasteiger partial charge is 0.377 e. The number of hydrogen-bond acceptors (Lipinski definition) is 3. The van der Waals surface area contributed by atoms with E-state index in [9.17, 15) is 0 Å². The zero-order valence-corrected chi connectivity index (χ0v) is 14.6. The van der Waals surface area contributed by atoms with Crippen molar-refractivity contribution in [3.8, 4) is 0 Å². The third kappa shape index (κ3) is 5.01. The topological polar surface area (TPSA) is 21.3 Å². The average molecular weight is 308 g/mol. The van der Waals surface area contributed by atoms with Gasteiger partial charge in [0.05, 0.1) is 6.10 Å². The molecular formula is C18H29NOS. The van der Waals surface area contributed by atoms with E-state index in [4.69, 9.17) is 4.74 Å². The van der Waals surface area contributed by atoms with Crippen LogP contribution < -0.4 is 5.32 Å². The maximum Gasteiger partial charge on any atom is 0.0666 e. The lowest BCUT2D eigenvalue weighted by molar-refractivity contribution is 0.129. The quantitative estimate of drug-likeness (QED) is 0.853. The minimum atomic E-state index is 0.224. The second kappa shape index (κ2) is 7.66. The molecule has 1 aliphatic heterocycles. The Hall–Kier alpha value is -0.510. The monoisotopic (exact) mass is 307 g/mol. The molecular weight excluding hydrogens is 278 g/mol. The minimum Gasteiger partial charge on any atom is -0.377 e. The van der Waals surface area contributed by atoms with Crippen molar-refractivity contribution in [1.29, 1.82) is 0 Å². The number of benzene rings is 1. The molecule has 1 aliphatic rings. The molecule has 0 bridgehead atoms. The van der Waals surface area contributed by atoms with Crippen molar-refractivity contribution in [3.05, 3.63) is 35.4 Å². The summed E-state index contributed by atoms with van der Waals surface area (Å²) in [5, 5.41) is 3.44. The van der Waals surface area contributed by atoms with Crippen molar-refractivity contribution in [2.45, 2.75) is 51.2 Å². The summed E-state index contributed by atoms with van der Waals surface area (Å²) in [7, 11) is 2.05. The van der Waals surface area contributed by atoms with Crippen LogP contribution in [0.4, 0.5) is 0 Å². The van der Waals surface area contributed by atoms with Crippen molar-refractivity contribution < 1.29 is 4.74 Å². The molecule has 2 atom stereocenters. The standard InChI is InChI=1S/C18H29NOS/c1-18(2,3)15-9-7-14(8-10-15)17(19-4)13-21-12-16-6-5-11-20-16/h7-10,16-17,19H,5-6,11-13H2,1-4H3. The van der Waals surface area contributed by atoms with E-state index in [0.29, 0.717) is 12.1 Å². The first-order valence-corrected chi connectivity index (χ1v) is 9.13. The number of hydrogen-bond donors (Lipinski definition) is 1. The highest BCUT2D eigenvalue weighted by molar-refractivity contribution is 7.99. The molecule has 0 saturated carbocycles. The summed E-state index contributed by atoms with van der Waals surface area (Å²) in [4.78, 5) is 0. The van der Waals surface area contributed by atoms with Crippen molar-refractivity contribution in [1.82, 2.24) is 5.32 Å². The summed E-state index contributed by atoms with van der Waals surface area (Å²) in [5.74, 6) is 2.23. The molecule has 0 aliphatic carbocycles. The normalized spacial score (nSPS) is 20.7. The molecule has 0 spiro atoms. The fraction of sp³-hybridized carbons (Fsp3) is 0.667. The lowest BCUT2D eigenvalue weighted by Gasteiger charge is -2.21. The van der Waals surface area contributed by atoms with Crippen LogP contribution in [-0.4, -0.2) is 31.3 Å². The van der Waals surface area contributed by atoms with Crippen LogP contribution in [0, 0.1) is 0 Å². The molecule has 1 saturated heterocycles. The molecule has 118 valence electrons. The van der Waals surface area contributed by atoms with Crippen LogP contribution in [-0.2, 0) is 10.2 Å². The first kappa shape index (κ1) is 16.9. The lowest BCUT2D eigenvalue weighted by atomic mass is 9.86. The molecule has 2 rings (SSSR count). The minimum absolute atomic E-state index is 0.224. The van der Waals surface area contributed by atoms with Crippen LogP contribution in [0.5, 0.6) is 0 Å². The van der Waals surface area contributed by atoms with Crippen LogP contribution in [0.15, 0.2) is 24.3 Å². The van der Waals surface area contributed by atoms with Crippen molar-refractivity contribution >= 4 is 11.8 Å². The predicted octanol–water partition coefficient (Wildman–Crippen LogP) is 4.16. The van der Waals surface area contributed by atoms with Gasteiger partial charge in [0.25, 0.3) is 0 Å². The Kier molecular flexibility index (Phi) is 6.15. The van der Waals surface area contributed by atoms with Gasteiger partial charge in [0.1, 0.15) is 0 Å². The van der Waals surface area contributed by atoms with Gasteiger partial charge in [-0.25, -0.2) is 0 Å². The van der Waals surface area contributed by atoms with Crippen molar-refractivity contribution in [2.75, 3.05) is 25.2 Å². The zero-order valence-electron chi connectivity index (χ0n) is 13.8. The second-order valence-electron chi connectivity index (χ2n) is 6.89. The Morgan fingerprint density at radius 3 is 2.52 bits per heavy atom. The second-order valence-corrected chi connectivity index (χ2v) is 7.96. The molecule has 3 heteroatoms. The SMILES string of the molecule is CNC(CSCC1CCCO1)c1ccc(C(C)(C)C)cc1. The predicted molar refractivity (Wildman–Crippen MR) is 93.2 cm³/mol. The van der Waals surface area contributed by atoms with E-state index in [0.717, 1.165) is 18.1 Å². The van der Waals surface area contributed by atoms with E-state index in [-0.39, 0.29) is 5.41 Å². The highest BCUT2D eigenvalue weighted by Crippen LogP contribution is 2.26. The van der Waals surface area contributed by atoms with Crippen molar-refractivity contribution in [3.63, 3.8) is 0 Å². The first-order chi connectivity index (χ1) is 10.0. The van der Waals surface area contributed by atoms with E-state index >= 15 is 0 Å². The van der Waals surface area contributed by atoms with Gasteiger partial charge in [0.2, 0.25) is 0 Å². The van der Waals surface area contributed by atoms with Crippen LogP contribution >= 0.6 is 11.8 Å². The summed E-state index contributed by atoms with van der Waals surface area (Å²) in [6, 6.07) is 9.50. The maximum absolute atomic E-state index is 5.69. The smallest absolute Gasteiger partial charge is 0.0666 e. The van der Waals surface area contributed by atoms with Gasteiger partial charge in [-0.2, -0.15) is 11.8 Å². The Labute approximate surface area is 134 Å². The van der Waals surface area contributed by atoms with Gasteiger partial charge in [-0.3, -0.25) is 0 Å². The van der Waals surface area contributed by atoms with Crippen LogP contribution in [0.1, 0.15) is 50.8 Å². The molecule has 2 unspecified atom stereocenters. The third-order valence-corrected chi connectivity index (χ3v) is 5.32. The number of thioether (sulfide) groups is 1. The van der Waals surface area contributed by atoms with Gasteiger partial charge in [-0.15, -0.1) is 0 Å². The van der Waals surface area contributed by atoms with Gasteiger partial charge in [-0.05, 0) is 36.4 Å². The van der Waals surface area contributed by atoms with Gasteiger partial charge >= 0.3 is 0 Å². The Balaban J connectivity index is 1.87. The van der Waals surface area contributed by atoms with E-state index in [1.54, 1.807) is 0 Å². The molecule has 0 radical (unpaired) electrons. The molecule has 1 heterocycles. The Morgan fingerprint density at radius 2 is 2.00 bits per heavy atom. The molecule has 1 fully saturated rings. The average Bonchev–Trinajstić information content (AvgIpc) is 2.96. The molecule has 2 nitrogen and oxygen atoms in total.